The number of hydrogen-bond acceptors (Lipinski definition) is 4. The first-order chi connectivity index (χ1) is 11.2. The molecule has 0 fully saturated rings. The summed E-state index contributed by atoms with van der Waals surface area (Å²) in [6, 6.07) is 17.8. The van der Waals surface area contributed by atoms with Crippen LogP contribution in [0.4, 0.5) is 0 Å². The fourth-order valence-corrected chi connectivity index (χ4v) is 2.56. The third-order valence-electron chi connectivity index (χ3n) is 3.81. The van der Waals surface area contributed by atoms with Crippen LogP contribution in [0.25, 0.3) is 21.9 Å². The van der Waals surface area contributed by atoms with Gasteiger partial charge in [0.05, 0.1) is 13.1 Å². The van der Waals surface area contributed by atoms with Gasteiger partial charge in [-0.15, -0.1) is 0 Å². The summed E-state index contributed by atoms with van der Waals surface area (Å²) in [5.74, 6) is 1.72. The van der Waals surface area contributed by atoms with Gasteiger partial charge < -0.3 is 20.3 Å². The van der Waals surface area contributed by atoms with Gasteiger partial charge in [-0.25, -0.2) is 0 Å². The fourth-order valence-electron chi connectivity index (χ4n) is 2.56. The van der Waals surface area contributed by atoms with E-state index in [0.29, 0.717) is 13.1 Å². The highest BCUT2D eigenvalue weighted by Gasteiger charge is 2.06. The van der Waals surface area contributed by atoms with Gasteiger partial charge >= 0.3 is 0 Å². The van der Waals surface area contributed by atoms with E-state index in [1.54, 1.807) is 0 Å². The van der Waals surface area contributed by atoms with Crippen LogP contribution in [-0.2, 0) is 13.1 Å². The topological polar surface area (TPSA) is 78.3 Å². The minimum Gasteiger partial charge on any atom is -0.460 e. The van der Waals surface area contributed by atoms with E-state index in [1.165, 1.54) is 0 Å². The second kappa shape index (κ2) is 6.69. The largest absolute Gasteiger partial charge is 0.460 e. The Kier molecular flexibility index (Phi) is 4.46. The number of aryl methyl sites for hydroxylation is 1. The molecular formula is C19H20N2O2. The molecule has 0 radical (unpaired) electrons. The van der Waals surface area contributed by atoms with Crippen molar-refractivity contribution in [3.05, 3.63) is 71.7 Å². The van der Waals surface area contributed by atoms with E-state index in [-0.39, 0.29) is 0 Å². The maximum Gasteiger partial charge on any atom is 0.134 e. The molecule has 0 bridgehead atoms. The first kappa shape index (κ1) is 15.3. The van der Waals surface area contributed by atoms with Crippen LogP contribution in [0.1, 0.15) is 17.1 Å². The lowest BCUT2D eigenvalue weighted by Crippen LogP contribution is -1.95. The van der Waals surface area contributed by atoms with Crippen molar-refractivity contribution < 1.29 is 8.83 Å². The van der Waals surface area contributed by atoms with Gasteiger partial charge in [0.15, 0.2) is 0 Å². The third kappa shape index (κ3) is 3.13. The molecule has 2 heterocycles. The van der Waals surface area contributed by atoms with E-state index in [1.807, 2.05) is 61.5 Å². The highest BCUT2D eigenvalue weighted by atomic mass is 16.3. The first-order valence-electron chi connectivity index (χ1n) is 7.57. The molecule has 4 heteroatoms. The maximum absolute atomic E-state index is 5.52. The van der Waals surface area contributed by atoms with E-state index >= 15 is 0 Å². The Morgan fingerprint density at radius 3 is 2.17 bits per heavy atom. The SMILES string of the molecule is Cc1c(CN)oc2ccccc12.NCc1cc2ccccc2o1. The summed E-state index contributed by atoms with van der Waals surface area (Å²) in [6.45, 7) is 2.98. The maximum atomic E-state index is 5.52. The summed E-state index contributed by atoms with van der Waals surface area (Å²) in [7, 11) is 0. The molecular weight excluding hydrogens is 288 g/mol. The van der Waals surface area contributed by atoms with Crippen LogP contribution >= 0.6 is 0 Å². The van der Waals surface area contributed by atoms with Crippen LogP contribution < -0.4 is 11.5 Å². The van der Waals surface area contributed by atoms with Crippen LogP contribution in [0, 0.1) is 6.92 Å². The Morgan fingerprint density at radius 1 is 0.826 bits per heavy atom. The number of benzene rings is 2. The van der Waals surface area contributed by atoms with Crippen LogP contribution in [0.3, 0.4) is 0 Å². The fraction of sp³-hybridized carbons (Fsp3) is 0.158. The summed E-state index contributed by atoms with van der Waals surface area (Å²) in [4.78, 5) is 0. The molecule has 0 saturated carbocycles. The van der Waals surface area contributed by atoms with Crippen molar-refractivity contribution in [3.8, 4) is 0 Å². The Hall–Kier alpha value is -2.56. The molecule has 4 N–H and O–H groups in total. The molecule has 23 heavy (non-hydrogen) atoms. The molecule has 0 aliphatic carbocycles. The van der Waals surface area contributed by atoms with Gasteiger partial charge in [0, 0.05) is 10.8 Å². The number of furan rings is 2. The van der Waals surface area contributed by atoms with E-state index in [4.69, 9.17) is 20.3 Å². The van der Waals surface area contributed by atoms with Crippen molar-refractivity contribution in [3.63, 3.8) is 0 Å². The molecule has 0 aliphatic rings. The van der Waals surface area contributed by atoms with Gasteiger partial charge in [0.2, 0.25) is 0 Å². The van der Waals surface area contributed by atoms with Gasteiger partial charge in [-0.1, -0.05) is 36.4 Å². The molecule has 0 aliphatic heterocycles. The number of rotatable bonds is 2. The normalized spacial score (nSPS) is 10.7. The van der Waals surface area contributed by atoms with Crippen molar-refractivity contribution in [1.82, 2.24) is 0 Å². The first-order valence-corrected chi connectivity index (χ1v) is 7.57. The van der Waals surface area contributed by atoms with Gasteiger partial charge in [-0.05, 0) is 30.7 Å². The highest BCUT2D eigenvalue weighted by Crippen LogP contribution is 2.24. The summed E-state index contributed by atoms with van der Waals surface area (Å²) >= 11 is 0. The number of para-hydroxylation sites is 2. The molecule has 4 rings (SSSR count). The lowest BCUT2D eigenvalue weighted by Gasteiger charge is -1.88. The predicted octanol–water partition coefficient (Wildman–Crippen LogP) is 4.09. The average Bonchev–Trinajstić information content (AvgIpc) is 3.16. The Morgan fingerprint density at radius 2 is 1.52 bits per heavy atom. The molecule has 0 atom stereocenters. The molecule has 2 aromatic carbocycles. The van der Waals surface area contributed by atoms with Crippen molar-refractivity contribution in [2.45, 2.75) is 20.0 Å². The van der Waals surface area contributed by atoms with Crippen molar-refractivity contribution in [2.24, 2.45) is 11.5 Å². The second-order valence-electron chi connectivity index (χ2n) is 5.31. The Bertz CT molecular complexity index is 888. The summed E-state index contributed by atoms with van der Waals surface area (Å²) < 4.78 is 10.9. The Labute approximate surface area is 134 Å². The smallest absolute Gasteiger partial charge is 0.134 e. The van der Waals surface area contributed by atoms with Crippen molar-refractivity contribution in [2.75, 3.05) is 0 Å². The predicted molar refractivity (Wildman–Crippen MR) is 92.9 cm³/mol. The molecule has 4 nitrogen and oxygen atoms in total. The molecule has 0 amide bonds. The van der Waals surface area contributed by atoms with Crippen LogP contribution in [0.15, 0.2) is 63.4 Å². The van der Waals surface area contributed by atoms with E-state index in [9.17, 15) is 0 Å². The molecule has 4 aromatic rings. The van der Waals surface area contributed by atoms with Gasteiger partial charge in [-0.2, -0.15) is 0 Å². The van der Waals surface area contributed by atoms with E-state index in [2.05, 4.69) is 0 Å². The third-order valence-corrected chi connectivity index (χ3v) is 3.81. The second-order valence-corrected chi connectivity index (χ2v) is 5.31. The van der Waals surface area contributed by atoms with Crippen LogP contribution in [0.5, 0.6) is 0 Å². The molecule has 118 valence electrons. The molecule has 2 aromatic heterocycles. The van der Waals surface area contributed by atoms with Crippen LogP contribution in [-0.4, -0.2) is 0 Å². The quantitative estimate of drug-likeness (QED) is 0.584. The van der Waals surface area contributed by atoms with Gasteiger partial charge in [0.1, 0.15) is 22.7 Å². The lowest BCUT2D eigenvalue weighted by atomic mass is 10.1. The zero-order valence-electron chi connectivity index (χ0n) is 13.1. The zero-order chi connectivity index (χ0) is 16.2. The lowest BCUT2D eigenvalue weighted by molar-refractivity contribution is 0.548. The average molecular weight is 308 g/mol. The minimum absolute atomic E-state index is 0.467. The Balaban J connectivity index is 0.000000136. The van der Waals surface area contributed by atoms with Gasteiger partial charge in [0.25, 0.3) is 0 Å². The number of nitrogens with two attached hydrogens (primary N) is 2. The van der Waals surface area contributed by atoms with Gasteiger partial charge in [-0.3, -0.25) is 0 Å². The molecule has 0 spiro atoms. The number of fused-ring (bicyclic) bond motifs is 2. The zero-order valence-corrected chi connectivity index (χ0v) is 13.1. The summed E-state index contributed by atoms with van der Waals surface area (Å²) in [6.07, 6.45) is 0. The standard InChI is InChI=1S/C10H11NO.C9H9NO/c1-7-8-4-2-3-5-9(8)12-10(7)6-11;10-6-8-5-7-3-1-2-4-9(7)11-8/h2-5H,6,11H2,1H3;1-5H,6,10H2. The van der Waals surface area contributed by atoms with Crippen molar-refractivity contribution in [1.29, 1.82) is 0 Å². The van der Waals surface area contributed by atoms with Crippen LogP contribution in [0.2, 0.25) is 0 Å². The number of hydrogen-bond donors (Lipinski definition) is 2. The monoisotopic (exact) mass is 308 g/mol. The highest BCUT2D eigenvalue weighted by molar-refractivity contribution is 5.81. The van der Waals surface area contributed by atoms with E-state index in [0.717, 1.165) is 39.0 Å². The summed E-state index contributed by atoms with van der Waals surface area (Å²) in [5.41, 5.74) is 13.9. The summed E-state index contributed by atoms with van der Waals surface area (Å²) in [5, 5.41) is 2.28. The molecule has 0 unspecified atom stereocenters. The molecule has 0 saturated heterocycles. The van der Waals surface area contributed by atoms with Crippen molar-refractivity contribution >= 4 is 21.9 Å². The minimum atomic E-state index is 0.467. The van der Waals surface area contributed by atoms with E-state index < -0.39 is 0 Å².